The number of methoxy groups -OCH3 is 1. The molecule has 0 aliphatic rings. The summed E-state index contributed by atoms with van der Waals surface area (Å²) in [6.07, 6.45) is 3.43. The molecule has 0 spiro atoms. The van der Waals surface area contributed by atoms with Crippen LogP contribution in [0.3, 0.4) is 0 Å². The minimum Gasteiger partial charge on any atom is -0.377 e. The Bertz CT molecular complexity index is 578. The van der Waals surface area contributed by atoms with Crippen molar-refractivity contribution in [1.82, 2.24) is 15.0 Å². The lowest BCUT2D eigenvalue weighted by Crippen LogP contribution is -2.12. The van der Waals surface area contributed by atoms with E-state index in [1.54, 1.807) is 19.5 Å². The summed E-state index contributed by atoms with van der Waals surface area (Å²) in [4.78, 5) is 22.5. The fourth-order valence-corrected chi connectivity index (χ4v) is 1.61. The zero-order chi connectivity index (χ0) is 12.3. The standard InChI is InChI=1S/C12H13N3O2/c1-8-6-13-4-3-9(8)10-5-12(16)15-11(14-10)7-17-2/h3-6H,7H2,1-2H3,(H,14,15,16). The molecule has 0 aliphatic carbocycles. The van der Waals surface area contributed by atoms with Gasteiger partial charge in [0.1, 0.15) is 12.4 Å². The van der Waals surface area contributed by atoms with Crippen molar-refractivity contribution in [3.63, 3.8) is 0 Å². The van der Waals surface area contributed by atoms with Crippen LogP contribution in [0, 0.1) is 6.92 Å². The maximum absolute atomic E-state index is 11.5. The summed E-state index contributed by atoms with van der Waals surface area (Å²) >= 11 is 0. The number of rotatable bonds is 3. The first-order chi connectivity index (χ1) is 8.20. The number of hydrogen-bond donors (Lipinski definition) is 1. The van der Waals surface area contributed by atoms with Gasteiger partial charge in [0.2, 0.25) is 0 Å². The highest BCUT2D eigenvalue weighted by Gasteiger charge is 2.06. The van der Waals surface area contributed by atoms with E-state index in [1.165, 1.54) is 6.07 Å². The first-order valence-electron chi connectivity index (χ1n) is 5.21. The van der Waals surface area contributed by atoms with Gasteiger partial charge in [-0.3, -0.25) is 9.78 Å². The molecule has 0 saturated heterocycles. The molecule has 5 heteroatoms. The molecule has 88 valence electrons. The van der Waals surface area contributed by atoms with E-state index < -0.39 is 0 Å². The number of nitrogens with zero attached hydrogens (tertiary/aromatic N) is 2. The van der Waals surface area contributed by atoms with Crippen LogP contribution in [0.25, 0.3) is 11.3 Å². The normalized spacial score (nSPS) is 10.5. The lowest BCUT2D eigenvalue weighted by Gasteiger charge is -2.05. The SMILES string of the molecule is COCc1nc(-c2ccncc2C)cc(=O)[nH]1. The first kappa shape index (κ1) is 11.5. The van der Waals surface area contributed by atoms with Crippen LogP contribution >= 0.6 is 0 Å². The van der Waals surface area contributed by atoms with Crippen LogP contribution < -0.4 is 5.56 Å². The van der Waals surface area contributed by atoms with E-state index in [-0.39, 0.29) is 12.2 Å². The monoisotopic (exact) mass is 231 g/mol. The Kier molecular flexibility index (Phi) is 3.30. The molecule has 0 bridgehead atoms. The van der Waals surface area contributed by atoms with Crippen LogP contribution in [0.4, 0.5) is 0 Å². The molecule has 2 rings (SSSR count). The lowest BCUT2D eigenvalue weighted by molar-refractivity contribution is 0.177. The molecule has 0 atom stereocenters. The van der Waals surface area contributed by atoms with Gasteiger partial charge in [-0.25, -0.2) is 4.98 Å². The fourth-order valence-electron chi connectivity index (χ4n) is 1.61. The zero-order valence-electron chi connectivity index (χ0n) is 9.73. The number of ether oxygens (including phenoxy) is 1. The van der Waals surface area contributed by atoms with Gasteiger partial charge in [0.15, 0.2) is 0 Å². The van der Waals surface area contributed by atoms with Crippen molar-refractivity contribution in [3.8, 4) is 11.3 Å². The number of nitrogens with one attached hydrogen (secondary N) is 1. The van der Waals surface area contributed by atoms with E-state index in [2.05, 4.69) is 15.0 Å². The summed E-state index contributed by atoms with van der Waals surface area (Å²) in [6, 6.07) is 3.31. The molecule has 0 saturated carbocycles. The summed E-state index contributed by atoms with van der Waals surface area (Å²) in [6.45, 7) is 2.22. The highest BCUT2D eigenvalue weighted by Crippen LogP contribution is 2.18. The minimum atomic E-state index is -0.182. The van der Waals surface area contributed by atoms with Crippen LogP contribution in [0.1, 0.15) is 11.4 Å². The Balaban J connectivity index is 2.52. The van der Waals surface area contributed by atoms with Gasteiger partial charge in [0, 0.05) is 31.1 Å². The second-order valence-corrected chi connectivity index (χ2v) is 3.70. The van der Waals surface area contributed by atoms with Gasteiger partial charge in [0.25, 0.3) is 5.56 Å². The summed E-state index contributed by atoms with van der Waals surface area (Å²) in [7, 11) is 1.56. The molecular weight excluding hydrogens is 218 g/mol. The van der Waals surface area contributed by atoms with Crippen molar-refractivity contribution >= 4 is 0 Å². The number of hydrogen-bond acceptors (Lipinski definition) is 4. The molecule has 2 heterocycles. The number of H-pyrrole nitrogens is 1. The number of pyridine rings is 1. The molecule has 0 unspecified atom stereocenters. The van der Waals surface area contributed by atoms with Crippen LogP contribution in [-0.2, 0) is 11.3 Å². The van der Waals surface area contributed by atoms with Gasteiger partial charge in [0.05, 0.1) is 5.69 Å². The number of aromatic amines is 1. The van der Waals surface area contributed by atoms with Gasteiger partial charge < -0.3 is 9.72 Å². The van der Waals surface area contributed by atoms with E-state index in [1.807, 2.05) is 13.0 Å². The molecule has 1 N–H and O–H groups in total. The fraction of sp³-hybridized carbons (Fsp3) is 0.250. The molecule has 5 nitrogen and oxygen atoms in total. The molecule has 17 heavy (non-hydrogen) atoms. The highest BCUT2D eigenvalue weighted by atomic mass is 16.5. The van der Waals surface area contributed by atoms with E-state index >= 15 is 0 Å². The van der Waals surface area contributed by atoms with Crippen LogP contribution in [-0.4, -0.2) is 22.1 Å². The van der Waals surface area contributed by atoms with Crippen molar-refractivity contribution in [2.24, 2.45) is 0 Å². The van der Waals surface area contributed by atoms with Gasteiger partial charge >= 0.3 is 0 Å². The second-order valence-electron chi connectivity index (χ2n) is 3.70. The Morgan fingerprint density at radius 1 is 1.47 bits per heavy atom. The quantitative estimate of drug-likeness (QED) is 0.864. The number of aryl methyl sites for hydroxylation is 1. The average molecular weight is 231 g/mol. The Morgan fingerprint density at radius 2 is 2.29 bits per heavy atom. The largest absolute Gasteiger partial charge is 0.377 e. The Hall–Kier alpha value is -2.01. The van der Waals surface area contributed by atoms with Crippen molar-refractivity contribution in [3.05, 3.63) is 46.3 Å². The van der Waals surface area contributed by atoms with Gasteiger partial charge in [-0.2, -0.15) is 0 Å². The van der Waals surface area contributed by atoms with Gasteiger partial charge in [-0.15, -0.1) is 0 Å². The van der Waals surface area contributed by atoms with Gasteiger partial charge in [-0.05, 0) is 18.6 Å². The molecule has 0 radical (unpaired) electrons. The lowest BCUT2D eigenvalue weighted by atomic mass is 10.1. The predicted octanol–water partition coefficient (Wildman–Crippen LogP) is 1.29. The third-order valence-electron chi connectivity index (χ3n) is 2.37. The zero-order valence-corrected chi connectivity index (χ0v) is 9.73. The van der Waals surface area contributed by atoms with Crippen molar-refractivity contribution in [2.45, 2.75) is 13.5 Å². The topological polar surface area (TPSA) is 67.9 Å². The Labute approximate surface area is 98.5 Å². The summed E-state index contributed by atoms with van der Waals surface area (Å²) in [5.41, 5.74) is 2.34. The van der Waals surface area contributed by atoms with E-state index in [9.17, 15) is 4.79 Å². The van der Waals surface area contributed by atoms with Crippen molar-refractivity contribution in [1.29, 1.82) is 0 Å². The van der Waals surface area contributed by atoms with Gasteiger partial charge in [-0.1, -0.05) is 0 Å². The smallest absolute Gasteiger partial charge is 0.251 e. The third kappa shape index (κ3) is 2.57. The Morgan fingerprint density at radius 3 is 3.00 bits per heavy atom. The molecule has 2 aromatic heterocycles. The highest BCUT2D eigenvalue weighted by molar-refractivity contribution is 5.61. The van der Waals surface area contributed by atoms with Crippen LogP contribution in [0.2, 0.25) is 0 Å². The average Bonchev–Trinajstić information content (AvgIpc) is 2.29. The summed E-state index contributed by atoms with van der Waals surface area (Å²) in [5, 5.41) is 0. The van der Waals surface area contributed by atoms with E-state index in [4.69, 9.17) is 4.74 Å². The third-order valence-corrected chi connectivity index (χ3v) is 2.37. The van der Waals surface area contributed by atoms with Crippen LogP contribution in [0.5, 0.6) is 0 Å². The molecule has 2 aromatic rings. The van der Waals surface area contributed by atoms with E-state index in [0.29, 0.717) is 11.5 Å². The minimum absolute atomic E-state index is 0.182. The van der Waals surface area contributed by atoms with Crippen LogP contribution in [0.15, 0.2) is 29.3 Å². The summed E-state index contributed by atoms with van der Waals surface area (Å²) < 4.78 is 4.96. The predicted molar refractivity (Wildman–Crippen MR) is 63.5 cm³/mol. The maximum Gasteiger partial charge on any atom is 0.251 e. The van der Waals surface area contributed by atoms with Crippen molar-refractivity contribution < 1.29 is 4.74 Å². The van der Waals surface area contributed by atoms with E-state index in [0.717, 1.165) is 11.1 Å². The number of aromatic nitrogens is 3. The molecule has 0 amide bonds. The second kappa shape index (κ2) is 4.88. The molecule has 0 fully saturated rings. The molecule has 0 aromatic carbocycles. The first-order valence-corrected chi connectivity index (χ1v) is 5.21. The molecule has 0 aliphatic heterocycles. The van der Waals surface area contributed by atoms with Crippen molar-refractivity contribution in [2.75, 3.05) is 7.11 Å². The summed E-state index contributed by atoms with van der Waals surface area (Å²) in [5.74, 6) is 0.520. The maximum atomic E-state index is 11.5. The molecular formula is C12H13N3O2.